The molecule has 0 aliphatic heterocycles. The van der Waals surface area contributed by atoms with Gasteiger partial charge < -0.3 is 4.42 Å². The standard InChI is InChI=1S/C11H12BrN3OS/c1-14(2)7-15-11(17)16-10(13-15)8-5-3-4-6-9(8)12/h3-6H,7H2,1-2H3. The van der Waals surface area contributed by atoms with E-state index in [0.717, 1.165) is 10.0 Å². The molecule has 0 bridgehead atoms. The quantitative estimate of drug-likeness (QED) is 0.815. The summed E-state index contributed by atoms with van der Waals surface area (Å²) in [6.45, 7) is 0.604. The third-order valence-corrected chi connectivity index (χ3v) is 3.11. The van der Waals surface area contributed by atoms with Crippen LogP contribution in [0.15, 0.2) is 33.2 Å². The smallest absolute Gasteiger partial charge is 0.288 e. The molecule has 0 N–H and O–H groups in total. The van der Waals surface area contributed by atoms with Gasteiger partial charge in [0.25, 0.3) is 4.84 Å². The van der Waals surface area contributed by atoms with Crippen molar-refractivity contribution in [1.29, 1.82) is 0 Å². The Hall–Kier alpha value is -0.980. The third kappa shape index (κ3) is 2.83. The van der Waals surface area contributed by atoms with Crippen molar-refractivity contribution in [3.05, 3.63) is 33.6 Å². The molecule has 4 nitrogen and oxygen atoms in total. The second-order valence-electron chi connectivity index (χ2n) is 3.87. The van der Waals surface area contributed by atoms with Crippen LogP contribution in [0.1, 0.15) is 0 Å². The predicted octanol–water partition coefficient (Wildman–Crippen LogP) is 3.15. The van der Waals surface area contributed by atoms with E-state index in [9.17, 15) is 0 Å². The summed E-state index contributed by atoms with van der Waals surface area (Å²) in [6.07, 6.45) is 0. The highest BCUT2D eigenvalue weighted by Crippen LogP contribution is 2.26. The Kier molecular flexibility index (Phi) is 3.76. The molecule has 0 radical (unpaired) electrons. The molecule has 90 valence electrons. The maximum atomic E-state index is 5.49. The van der Waals surface area contributed by atoms with Crippen LogP contribution >= 0.6 is 28.1 Å². The lowest BCUT2D eigenvalue weighted by Gasteiger charge is -2.07. The van der Waals surface area contributed by atoms with E-state index in [0.29, 0.717) is 17.4 Å². The van der Waals surface area contributed by atoms with Crippen LogP contribution in [-0.4, -0.2) is 28.8 Å². The van der Waals surface area contributed by atoms with E-state index in [2.05, 4.69) is 21.0 Å². The summed E-state index contributed by atoms with van der Waals surface area (Å²) in [5.74, 6) is 0.532. The second-order valence-corrected chi connectivity index (χ2v) is 5.08. The van der Waals surface area contributed by atoms with Gasteiger partial charge in [0.05, 0.1) is 12.2 Å². The summed E-state index contributed by atoms with van der Waals surface area (Å²) < 4.78 is 8.09. The van der Waals surface area contributed by atoms with E-state index < -0.39 is 0 Å². The lowest BCUT2D eigenvalue weighted by molar-refractivity contribution is 0.298. The fourth-order valence-electron chi connectivity index (χ4n) is 1.41. The molecule has 2 rings (SSSR count). The largest absolute Gasteiger partial charge is 0.409 e. The molecule has 17 heavy (non-hydrogen) atoms. The molecule has 0 amide bonds. The van der Waals surface area contributed by atoms with Gasteiger partial charge in [0, 0.05) is 4.47 Å². The van der Waals surface area contributed by atoms with E-state index in [4.69, 9.17) is 16.6 Å². The Bertz CT molecular complexity index is 576. The molecule has 1 aromatic heterocycles. The van der Waals surface area contributed by atoms with Gasteiger partial charge in [-0.15, -0.1) is 5.10 Å². The molecule has 1 heterocycles. The van der Waals surface area contributed by atoms with Crippen molar-refractivity contribution in [3.8, 4) is 11.5 Å². The van der Waals surface area contributed by atoms with Gasteiger partial charge in [0.15, 0.2) is 0 Å². The first-order valence-corrected chi connectivity index (χ1v) is 6.25. The summed E-state index contributed by atoms with van der Waals surface area (Å²) in [5, 5.41) is 4.36. The van der Waals surface area contributed by atoms with Gasteiger partial charge in [-0.3, -0.25) is 4.90 Å². The van der Waals surface area contributed by atoms with Crippen LogP contribution < -0.4 is 0 Å². The Morgan fingerprint density at radius 3 is 2.76 bits per heavy atom. The molecule has 0 aliphatic rings. The number of halogens is 1. The van der Waals surface area contributed by atoms with Gasteiger partial charge in [-0.2, -0.15) is 0 Å². The van der Waals surface area contributed by atoms with Crippen molar-refractivity contribution >= 4 is 28.1 Å². The van der Waals surface area contributed by atoms with Crippen LogP contribution in [0.25, 0.3) is 11.5 Å². The van der Waals surface area contributed by atoms with Crippen molar-refractivity contribution in [2.75, 3.05) is 14.1 Å². The molecule has 2 aromatic rings. The van der Waals surface area contributed by atoms with Crippen LogP contribution in [0.5, 0.6) is 0 Å². The molecule has 0 saturated heterocycles. The highest BCUT2D eigenvalue weighted by atomic mass is 79.9. The van der Waals surface area contributed by atoms with Crippen LogP contribution in [0.2, 0.25) is 0 Å². The number of rotatable bonds is 3. The Morgan fingerprint density at radius 1 is 1.41 bits per heavy atom. The molecule has 0 unspecified atom stereocenters. The number of aromatic nitrogens is 2. The van der Waals surface area contributed by atoms with Gasteiger partial charge in [-0.1, -0.05) is 12.1 Å². The molecule has 0 aliphatic carbocycles. The highest BCUT2D eigenvalue weighted by Gasteiger charge is 2.10. The van der Waals surface area contributed by atoms with Crippen LogP contribution in [0, 0.1) is 4.84 Å². The van der Waals surface area contributed by atoms with Gasteiger partial charge in [0.2, 0.25) is 5.89 Å². The minimum Gasteiger partial charge on any atom is -0.409 e. The molecule has 1 aromatic carbocycles. The minimum absolute atomic E-state index is 0.379. The molecular formula is C11H12BrN3OS. The van der Waals surface area contributed by atoms with Crippen molar-refractivity contribution in [2.45, 2.75) is 6.67 Å². The van der Waals surface area contributed by atoms with Crippen LogP contribution in [-0.2, 0) is 6.67 Å². The van der Waals surface area contributed by atoms with Gasteiger partial charge in [0.1, 0.15) is 0 Å². The van der Waals surface area contributed by atoms with Crippen molar-refractivity contribution in [2.24, 2.45) is 0 Å². The molecule has 6 heteroatoms. The van der Waals surface area contributed by atoms with Crippen LogP contribution in [0.4, 0.5) is 0 Å². The minimum atomic E-state index is 0.379. The molecular weight excluding hydrogens is 302 g/mol. The van der Waals surface area contributed by atoms with Crippen molar-refractivity contribution in [3.63, 3.8) is 0 Å². The normalized spacial score (nSPS) is 11.1. The fourth-order valence-corrected chi connectivity index (χ4v) is 2.04. The molecule has 0 atom stereocenters. The summed E-state index contributed by atoms with van der Waals surface area (Å²) in [7, 11) is 3.91. The topological polar surface area (TPSA) is 34.2 Å². The lowest BCUT2D eigenvalue weighted by Crippen LogP contribution is -2.17. The van der Waals surface area contributed by atoms with Gasteiger partial charge in [-0.05, 0) is 54.4 Å². The average molecular weight is 314 g/mol. The zero-order valence-corrected chi connectivity index (χ0v) is 12.0. The summed E-state index contributed by atoms with van der Waals surface area (Å²) >= 11 is 8.59. The predicted molar refractivity (Wildman–Crippen MR) is 72.2 cm³/mol. The van der Waals surface area contributed by atoms with E-state index in [-0.39, 0.29) is 0 Å². The summed E-state index contributed by atoms with van der Waals surface area (Å²) in [6, 6.07) is 7.76. The van der Waals surface area contributed by atoms with E-state index in [1.165, 1.54) is 0 Å². The van der Waals surface area contributed by atoms with Crippen molar-refractivity contribution < 1.29 is 4.42 Å². The maximum absolute atomic E-state index is 5.49. The number of hydrogen-bond donors (Lipinski definition) is 0. The first-order chi connectivity index (χ1) is 8.08. The van der Waals surface area contributed by atoms with Crippen molar-refractivity contribution in [1.82, 2.24) is 14.7 Å². The zero-order valence-electron chi connectivity index (χ0n) is 9.55. The second kappa shape index (κ2) is 5.12. The SMILES string of the molecule is CN(C)Cn1nc(-c2ccccc2Br)oc1=S. The zero-order chi connectivity index (χ0) is 12.4. The average Bonchev–Trinajstić information content (AvgIpc) is 2.60. The summed E-state index contributed by atoms with van der Waals surface area (Å²) in [4.78, 5) is 2.35. The Labute approximate surface area is 113 Å². The maximum Gasteiger partial charge on any atom is 0.288 e. The van der Waals surface area contributed by atoms with E-state index in [1.54, 1.807) is 4.68 Å². The number of hydrogen-bond acceptors (Lipinski definition) is 4. The number of nitrogens with zero attached hydrogens (tertiary/aromatic N) is 3. The van der Waals surface area contributed by atoms with E-state index in [1.807, 2.05) is 43.3 Å². The van der Waals surface area contributed by atoms with Gasteiger partial charge in [-0.25, -0.2) is 4.68 Å². The lowest BCUT2D eigenvalue weighted by atomic mass is 10.2. The van der Waals surface area contributed by atoms with Crippen LogP contribution in [0.3, 0.4) is 0 Å². The first kappa shape index (κ1) is 12.5. The Morgan fingerprint density at radius 2 is 2.12 bits per heavy atom. The summed E-state index contributed by atoms with van der Waals surface area (Å²) in [5.41, 5.74) is 0.899. The first-order valence-electron chi connectivity index (χ1n) is 5.05. The monoisotopic (exact) mass is 313 g/mol. The highest BCUT2D eigenvalue weighted by molar-refractivity contribution is 9.10. The Balaban J connectivity index is 2.42. The fraction of sp³-hybridized carbons (Fsp3) is 0.273. The molecule has 0 saturated carbocycles. The van der Waals surface area contributed by atoms with E-state index >= 15 is 0 Å². The van der Waals surface area contributed by atoms with Gasteiger partial charge >= 0.3 is 0 Å². The third-order valence-electron chi connectivity index (χ3n) is 2.13. The molecule has 0 fully saturated rings. The number of benzene rings is 1. The molecule has 0 spiro atoms.